The summed E-state index contributed by atoms with van der Waals surface area (Å²) >= 11 is 0. The fourth-order valence-corrected chi connectivity index (χ4v) is 4.38. The number of hydrogen-bond donors (Lipinski definition) is 1. The van der Waals surface area contributed by atoms with Gasteiger partial charge in [0, 0.05) is 44.9 Å². The fraction of sp³-hybridized carbons (Fsp3) is 0.955. The second kappa shape index (κ2) is 11.4. The summed E-state index contributed by atoms with van der Waals surface area (Å²) in [5, 5.41) is 3.50. The maximum Gasteiger partial charge on any atom is 0.193 e. The minimum Gasteiger partial charge on any atom is -0.376 e. The zero-order valence-electron chi connectivity index (χ0n) is 18.4. The van der Waals surface area contributed by atoms with Crippen LogP contribution >= 0.6 is 0 Å². The molecule has 0 aromatic carbocycles. The van der Waals surface area contributed by atoms with Crippen LogP contribution in [0.25, 0.3) is 0 Å². The van der Waals surface area contributed by atoms with Crippen molar-refractivity contribution >= 4 is 5.96 Å². The number of ether oxygens (including phenoxy) is 2. The SMILES string of the molecule is CCNC(=NCCN(C(C)C)C1CC1)N1CCC(OCC2CCCCO2)CC1. The number of nitrogens with zero attached hydrogens (tertiary/aromatic N) is 3. The Hall–Kier alpha value is -0.850. The van der Waals surface area contributed by atoms with E-state index in [9.17, 15) is 0 Å². The first kappa shape index (κ1) is 21.8. The Bertz CT molecular complexity index is 465. The lowest BCUT2D eigenvalue weighted by Gasteiger charge is -2.35. The zero-order valence-corrected chi connectivity index (χ0v) is 18.4. The van der Waals surface area contributed by atoms with Gasteiger partial charge in [0.05, 0.1) is 25.4 Å². The lowest BCUT2D eigenvalue weighted by molar-refractivity contribution is -0.0721. The third-order valence-electron chi connectivity index (χ3n) is 6.17. The average Bonchev–Trinajstić information content (AvgIpc) is 3.55. The molecule has 0 amide bonds. The first-order chi connectivity index (χ1) is 13.7. The Morgan fingerprint density at radius 2 is 1.96 bits per heavy atom. The molecule has 3 fully saturated rings. The molecule has 3 rings (SSSR count). The highest BCUT2D eigenvalue weighted by molar-refractivity contribution is 5.80. The summed E-state index contributed by atoms with van der Waals surface area (Å²) in [7, 11) is 0. The Morgan fingerprint density at radius 1 is 1.18 bits per heavy atom. The fourth-order valence-electron chi connectivity index (χ4n) is 4.38. The molecule has 0 aromatic heterocycles. The van der Waals surface area contributed by atoms with Crippen molar-refractivity contribution in [1.82, 2.24) is 15.1 Å². The summed E-state index contributed by atoms with van der Waals surface area (Å²) in [5.41, 5.74) is 0. The van der Waals surface area contributed by atoms with Gasteiger partial charge in [0.25, 0.3) is 0 Å². The van der Waals surface area contributed by atoms with Crippen LogP contribution in [0.15, 0.2) is 4.99 Å². The normalized spacial score (nSPS) is 25.0. The maximum absolute atomic E-state index is 6.16. The summed E-state index contributed by atoms with van der Waals surface area (Å²) in [4.78, 5) is 9.97. The highest BCUT2D eigenvalue weighted by Crippen LogP contribution is 2.28. The molecule has 6 nitrogen and oxygen atoms in total. The summed E-state index contributed by atoms with van der Waals surface area (Å²) in [6, 6.07) is 1.42. The lowest BCUT2D eigenvalue weighted by atomic mass is 10.1. The van der Waals surface area contributed by atoms with E-state index in [1.807, 2.05) is 0 Å². The van der Waals surface area contributed by atoms with E-state index < -0.39 is 0 Å². The maximum atomic E-state index is 6.16. The van der Waals surface area contributed by atoms with Crippen LogP contribution in [0.4, 0.5) is 0 Å². The van der Waals surface area contributed by atoms with Crippen molar-refractivity contribution in [3.63, 3.8) is 0 Å². The number of nitrogens with one attached hydrogen (secondary N) is 1. The molecule has 2 aliphatic heterocycles. The van der Waals surface area contributed by atoms with Crippen molar-refractivity contribution < 1.29 is 9.47 Å². The van der Waals surface area contributed by atoms with Crippen LogP contribution < -0.4 is 5.32 Å². The third kappa shape index (κ3) is 6.89. The molecule has 0 bridgehead atoms. The summed E-state index contributed by atoms with van der Waals surface area (Å²) in [5.74, 6) is 1.08. The van der Waals surface area contributed by atoms with E-state index in [2.05, 4.69) is 35.9 Å². The largest absolute Gasteiger partial charge is 0.376 e. The van der Waals surface area contributed by atoms with Crippen molar-refractivity contribution in [3.05, 3.63) is 0 Å². The number of piperidine rings is 1. The summed E-state index contributed by atoms with van der Waals surface area (Å²) in [6.07, 6.45) is 9.22. The molecular weight excluding hydrogens is 352 g/mol. The highest BCUT2D eigenvalue weighted by atomic mass is 16.5. The van der Waals surface area contributed by atoms with Crippen LogP contribution in [-0.2, 0) is 9.47 Å². The molecule has 28 heavy (non-hydrogen) atoms. The molecule has 0 radical (unpaired) electrons. The smallest absolute Gasteiger partial charge is 0.193 e. The van der Waals surface area contributed by atoms with E-state index in [0.717, 1.165) is 77.2 Å². The van der Waals surface area contributed by atoms with Gasteiger partial charge < -0.3 is 19.7 Å². The van der Waals surface area contributed by atoms with Crippen LogP contribution in [0.5, 0.6) is 0 Å². The molecule has 3 aliphatic rings. The summed E-state index contributed by atoms with van der Waals surface area (Å²) in [6.45, 7) is 13.4. The Balaban J connectivity index is 1.40. The van der Waals surface area contributed by atoms with E-state index in [-0.39, 0.29) is 0 Å². The Kier molecular flexibility index (Phi) is 8.87. The molecule has 2 saturated heterocycles. The molecule has 1 N–H and O–H groups in total. The third-order valence-corrected chi connectivity index (χ3v) is 6.17. The van der Waals surface area contributed by atoms with Gasteiger partial charge in [0.2, 0.25) is 0 Å². The quantitative estimate of drug-likeness (QED) is 0.481. The average molecular weight is 395 g/mol. The van der Waals surface area contributed by atoms with Crippen molar-refractivity contribution in [2.24, 2.45) is 4.99 Å². The minimum atomic E-state index is 0.320. The molecule has 1 aliphatic carbocycles. The Labute approximate surface area is 172 Å². The van der Waals surface area contributed by atoms with Crippen LogP contribution in [0, 0.1) is 0 Å². The molecule has 1 atom stereocenters. The van der Waals surface area contributed by atoms with Crippen LogP contribution in [-0.4, -0.2) is 86.0 Å². The van der Waals surface area contributed by atoms with Crippen LogP contribution in [0.1, 0.15) is 65.7 Å². The second-order valence-corrected chi connectivity index (χ2v) is 8.81. The van der Waals surface area contributed by atoms with E-state index >= 15 is 0 Å². The first-order valence-corrected chi connectivity index (χ1v) is 11.7. The van der Waals surface area contributed by atoms with Gasteiger partial charge in [-0.15, -0.1) is 0 Å². The predicted molar refractivity (Wildman–Crippen MR) is 115 cm³/mol. The standard InChI is InChI=1S/C22H42N4O2/c1-4-23-22(24-12-15-26(18(2)3)19-8-9-19)25-13-10-20(11-14-25)28-17-21-7-5-6-16-27-21/h18-21H,4-17H2,1-3H3,(H,23,24). The van der Waals surface area contributed by atoms with Gasteiger partial charge in [0.15, 0.2) is 5.96 Å². The van der Waals surface area contributed by atoms with Crippen molar-refractivity contribution in [2.45, 2.75) is 90.0 Å². The molecule has 0 aromatic rings. The molecule has 6 heteroatoms. The van der Waals surface area contributed by atoms with Gasteiger partial charge in [-0.25, -0.2) is 0 Å². The lowest BCUT2D eigenvalue weighted by Crippen LogP contribution is -2.47. The monoisotopic (exact) mass is 394 g/mol. The summed E-state index contributed by atoms with van der Waals surface area (Å²) < 4.78 is 12.0. The van der Waals surface area contributed by atoms with Gasteiger partial charge >= 0.3 is 0 Å². The molecule has 0 spiro atoms. The molecule has 1 unspecified atom stereocenters. The second-order valence-electron chi connectivity index (χ2n) is 8.81. The van der Waals surface area contributed by atoms with Gasteiger partial charge in [-0.1, -0.05) is 0 Å². The van der Waals surface area contributed by atoms with E-state index in [1.54, 1.807) is 0 Å². The van der Waals surface area contributed by atoms with Crippen molar-refractivity contribution in [2.75, 3.05) is 45.9 Å². The van der Waals surface area contributed by atoms with Crippen molar-refractivity contribution in [1.29, 1.82) is 0 Å². The number of aliphatic imine (C=N–C) groups is 1. The van der Waals surface area contributed by atoms with Gasteiger partial charge in [-0.2, -0.15) is 0 Å². The topological polar surface area (TPSA) is 49.3 Å². The van der Waals surface area contributed by atoms with Gasteiger partial charge in [-0.3, -0.25) is 9.89 Å². The van der Waals surface area contributed by atoms with E-state index in [1.165, 1.54) is 25.7 Å². The Morgan fingerprint density at radius 3 is 2.57 bits per heavy atom. The molecule has 2 heterocycles. The molecule has 1 saturated carbocycles. The number of guanidine groups is 1. The minimum absolute atomic E-state index is 0.320. The van der Waals surface area contributed by atoms with E-state index in [0.29, 0.717) is 18.2 Å². The van der Waals surface area contributed by atoms with Crippen LogP contribution in [0.3, 0.4) is 0 Å². The van der Waals surface area contributed by atoms with Crippen molar-refractivity contribution in [3.8, 4) is 0 Å². The molecule has 162 valence electrons. The van der Waals surface area contributed by atoms with Gasteiger partial charge in [0.1, 0.15) is 0 Å². The molecular formula is C22H42N4O2. The number of rotatable bonds is 9. The predicted octanol–water partition coefficient (Wildman–Crippen LogP) is 2.87. The number of likely N-dealkylation sites (tertiary alicyclic amines) is 1. The van der Waals surface area contributed by atoms with E-state index in [4.69, 9.17) is 14.5 Å². The number of hydrogen-bond acceptors (Lipinski definition) is 4. The van der Waals surface area contributed by atoms with Gasteiger partial charge in [-0.05, 0) is 65.7 Å². The zero-order chi connectivity index (χ0) is 19.8. The highest BCUT2D eigenvalue weighted by Gasteiger charge is 2.30. The van der Waals surface area contributed by atoms with Crippen LogP contribution in [0.2, 0.25) is 0 Å². The first-order valence-electron chi connectivity index (χ1n) is 11.7.